The van der Waals surface area contributed by atoms with Crippen LogP contribution >= 0.6 is 11.3 Å². The molecule has 1 nitrogen and oxygen atoms in total. The Morgan fingerprint density at radius 2 is 1.94 bits per heavy atom. The number of thiazole rings is 1. The zero-order valence-electron chi connectivity index (χ0n) is 9.76. The summed E-state index contributed by atoms with van der Waals surface area (Å²) < 4.78 is 1.26. The van der Waals surface area contributed by atoms with Gasteiger partial charge in [0.05, 0.1) is 10.2 Å². The van der Waals surface area contributed by atoms with Gasteiger partial charge in [-0.05, 0) is 29.7 Å². The van der Waals surface area contributed by atoms with E-state index < -0.39 is 0 Å². The summed E-state index contributed by atoms with van der Waals surface area (Å²) in [6.07, 6.45) is 5.45. The zero-order valence-corrected chi connectivity index (χ0v) is 10.6. The third-order valence-electron chi connectivity index (χ3n) is 3.36. The Labute approximate surface area is 109 Å². The van der Waals surface area contributed by atoms with Crippen LogP contribution in [0, 0.1) is 0 Å². The van der Waals surface area contributed by atoms with Crippen LogP contribution < -0.4 is 0 Å². The van der Waals surface area contributed by atoms with E-state index in [1.165, 1.54) is 21.4 Å². The minimum absolute atomic E-state index is 1.03. The second-order valence-electron chi connectivity index (χ2n) is 4.47. The molecule has 0 N–H and O–H groups in total. The van der Waals surface area contributed by atoms with Crippen molar-refractivity contribution >= 4 is 27.6 Å². The number of nitrogens with zero attached hydrogens (tertiary/aromatic N) is 1. The smallest absolute Gasteiger partial charge is 0.124 e. The lowest BCUT2D eigenvalue weighted by molar-refractivity contribution is 1.30. The number of fused-ring (bicyclic) bond motifs is 2. The molecule has 0 atom stereocenters. The van der Waals surface area contributed by atoms with E-state index in [4.69, 9.17) is 4.98 Å². The van der Waals surface area contributed by atoms with Gasteiger partial charge >= 0.3 is 0 Å². The Kier molecular flexibility index (Phi) is 2.11. The largest absolute Gasteiger partial charge is 0.236 e. The topological polar surface area (TPSA) is 12.9 Å². The molecule has 0 spiro atoms. The van der Waals surface area contributed by atoms with Crippen molar-refractivity contribution in [1.82, 2.24) is 4.98 Å². The Balaban J connectivity index is 1.96. The summed E-state index contributed by atoms with van der Waals surface area (Å²) in [5, 5.41) is 1.14. The van der Waals surface area contributed by atoms with Gasteiger partial charge < -0.3 is 0 Å². The highest BCUT2D eigenvalue weighted by molar-refractivity contribution is 7.21. The molecule has 0 radical (unpaired) electrons. The minimum atomic E-state index is 1.03. The number of aromatic nitrogens is 1. The molecule has 0 unspecified atom stereocenters. The van der Waals surface area contributed by atoms with Crippen LogP contribution in [0.2, 0.25) is 0 Å². The fourth-order valence-corrected chi connectivity index (χ4v) is 3.50. The van der Waals surface area contributed by atoms with Crippen LogP contribution in [0.15, 0.2) is 48.5 Å². The van der Waals surface area contributed by atoms with Crippen molar-refractivity contribution in [1.29, 1.82) is 0 Å². The molecule has 1 aliphatic carbocycles. The molecule has 2 heteroatoms. The van der Waals surface area contributed by atoms with Crippen LogP contribution in [0.3, 0.4) is 0 Å². The monoisotopic (exact) mass is 249 g/mol. The fraction of sp³-hybridized carbons (Fsp3) is 0.0625. The molecule has 2 aromatic carbocycles. The van der Waals surface area contributed by atoms with Crippen LogP contribution in [-0.4, -0.2) is 4.98 Å². The van der Waals surface area contributed by atoms with Gasteiger partial charge in [0, 0.05) is 5.56 Å². The van der Waals surface area contributed by atoms with Gasteiger partial charge in [-0.2, -0.15) is 0 Å². The highest BCUT2D eigenvalue weighted by Gasteiger charge is 2.14. The molecule has 0 fully saturated rings. The lowest BCUT2D eigenvalue weighted by Crippen LogP contribution is -1.87. The van der Waals surface area contributed by atoms with Crippen molar-refractivity contribution in [2.45, 2.75) is 6.42 Å². The average molecular weight is 249 g/mol. The molecular formula is C16H11NS. The lowest BCUT2D eigenvalue weighted by Gasteiger charge is -2.04. The van der Waals surface area contributed by atoms with Crippen molar-refractivity contribution in [3.63, 3.8) is 0 Å². The fourth-order valence-electron chi connectivity index (χ4n) is 2.48. The molecule has 0 saturated heterocycles. The van der Waals surface area contributed by atoms with Gasteiger partial charge in [-0.25, -0.2) is 4.98 Å². The number of hydrogen-bond acceptors (Lipinski definition) is 2. The molecule has 1 aliphatic rings. The van der Waals surface area contributed by atoms with Crippen LogP contribution in [-0.2, 0) is 6.42 Å². The molecule has 0 amide bonds. The summed E-state index contributed by atoms with van der Waals surface area (Å²) in [6.45, 7) is 0. The first kappa shape index (κ1) is 10.0. The molecule has 0 aliphatic heterocycles. The predicted molar refractivity (Wildman–Crippen MR) is 77.8 cm³/mol. The van der Waals surface area contributed by atoms with E-state index >= 15 is 0 Å². The molecule has 1 aromatic heterocycles. The normalized spacial score (nSPS) is 13.1. The lowest BCUT2D eigenvalue weighted by atomic mass is 10.0. The third kappa shape index (κ3) is 1.42. The van der Waals surface area contributed by atoms with Crippen LogP contribution in [0.4, 0.5) is 0 Å². The highest BCUT2D eigenvalue weighted by atomic mass is 32.1. The van der Waals surface area contributed by atoms with Crippen molar-refractivity contribution in [2.75, 3.05) is 0 Å². The summed E-state index contributed by atoms with van der Waals surface area (Å²) in [4.78, 5) is 4.75. The second-order valence-corrected chi connectivity index (χ2v) is 5.50. The SMILES string of the molecule is C1=Cc2cccc(-c3nc4ccccc4s3)c2C1. The van der Waals surface area contributed by atoms with E-state index in [1.54, 1.807) is 11.3 Å². The van der Waals surface area contributed by atoms with Crippen molar-refractivity contribution in [3.8, 4) is 10.6 Å². The Morgan fingerprint density at radius 1 is 1.00 bits per heavy atom. The highest BCUT2D eigenvalue weighted by Crippen LogP contribution is 2.35. The zero-order chi connectivity index (χ0) is 11.9. The maximum Gasteiger partial charge on any atom is 0.124 e. The molecule has 18 heavy (non-hydrogen) atoms. The van der Waals surface area contributed by atoms with E-state index in [1.807, 2.05) is 6.07 Å². The molecule has 0 bridgehead atoms. The van der Waals surface area contributed by atoms with Crippen molar-refractivity contribution < 1.29 is 0 Å². The second kappa shape index (κ2) is 3.79. The van der Waals surface area contributed by atoms with Gasteiger partial charge in [-0.1, -0.05) is 42.5 Å². The van der Waals surface area contributed by atoms with Gasteiger partial charge in [0.25, 0.3) is 0 Å². The number of allylic oxidation sites excluding steroid dienone is 1. The van der Waals surface area contributed by atoms with Gasteiger partial charge in [0.15, 0.2) is 0 Å². The first-order chi connectivity index (χ1) is 8.92. The predicted octanol–water partition coefficient (Wildman–Crippen LogP) is 4.53. The van der Waals surface area contributed by atoms with E-state index in [9.17, 15) is 0 Å². The Hall–Kier alpha value is -1.93. The number of rotatable bonds is 1. The molecule has 3 aromatic rings. The number of hydrogen-bond donors (Lipinski definition) is 0. The summed E-state index contributed by atoms with van der Waals surface area (Å²) >= 11 is 1.78. The summed E-state index contributed by atoms with van der Waals surface area (Å²) in [5.41, 5.74) is 5.14. The minimum Gasteiger partial charge on any atom is -0.236 e. The Morgan fingerprint density at radius 3 is 2.89 bits per heavy atom. The standard InChI is InChI=1S/C16H11NS/c1-2-10-15-14(9-1)17-16(18-15)13-8-4-6-11-5-3-7-12(11)13/h1-6,8-10H,7H2. The van der Waals surface area contributed by atoms with Gasteiger partial charge in [-0.15, -0.1) is 11.3 Å². The summed E-state index contributed by atoms with van der Waals surface area (Å²) in [6, 6.07) is 14.8. The number of para-hydroxylation sites is 1. The third-order valence-corrected chi connectivity index (χ3v) is 4.43. The maximum atomic E-state index is 4.75. The van der Waals surface area contributed by atoms with Gasteiger partial charge in [0.2, 0.25) is 0 Å². The van der Waals surface area contributed by atoms with Gasteiger partial charge in [0.1, 0.15) is 5.01 Å². The molecular weight excluding hydrogens is 238 g/mol. The van der Waals surface area contributed by atoms with Crippen LogP contribution in [0.25, 0.3) is 26.9 Å². The van der Waals surface area contributed by atoms with E-state index in [-0.39, 0.29) is 0 Å². The number of benzene rings is 2. The average Bonchev–Trinajstić information content (AvgIpc) is 3.04. The van der Waals surface area contributed by atoms with Crippen molar-refractivity contribution in [2.24, 2.45) is 0 Å². The van der Waals surface area contributed by atoms with E-state index in [0.29, 0.717) is 0 Å². The first-order valence-electron chi connectivity index (χ1n) is 6.06. The molecule has 86 valence electrons. The van der Waals surface area contributed by atoms with E-state index in [0.717, 1.165) is 16.9 Å². The molecule has 1 heterocycles. The molecule has 0 saturated carbocycles. The Bertz CT molecular complexity index is 735. The van der Waals surface area contributed by atoms with Crippen molar-refractivity contribution in [3.05, 3.63) is 59.7 Å². The molecule has 4 rings (SSSR count). The summed E-state index contributed by atoms with van der Waals surface area (Å²) in [7, 11) is 0. The van der Waals surface area contributed by atoms with Gasteiger partial charge in [-0.3, -0.25) is 0 Å². The quantitative estimate of drug-likeness (QED) is 0.617. The van der Waals surface area contributed by atoms with E-state index in [2.05, 4.69) is 48.6 Å². The maximum absolute atomic E-state index is 4.75. The van der Waals surface area contributed by atoms with Crippen LogP contribution in [0.5, 0.6) is 0 Å². The first-order valence-corrected chi connectivity index (χ1v) is 6.88. The summed E-state index contributed by atoms with van der Waals surface area (Å²) in [5.74, 6) is 0. The van der Waals surface area contributed by atoms with Crippen LogP contribution in [0.1, 0.15) is 11.1 Å².